The highest BCUT2D eigenvalue weighted by molar-refractivity contribution is 6.00. The maximum absolute atomic E-state index is 12.5. The third-order valence-corrected chi connectivity index (χ3v) is 4.25. The van der Waals surface area contributed by atoms with E-state index in [2.05, 4.69) is 11.4 Å². The summed E-state index contributed by atoms with van der Waals surface area (Å²) in [5, 5.41) is 11.8. The fourth-order valence-corrected chi connectivity index (χ4v) is 2.85. The Bertz CT molecular complexity index is 855. The van der Waals surface area contributed by atoms with Gasteiger partial charge < -0.3 is 10.1 Å². The topological polar surface area (TPSA) is 82.4 Å². The van der Waals surface area contributed by atoms with Crippen LogP contribution in [0.2, 0.25) is 0 Å². The number of hydrogen-bond acceptors (Lipinski definition) is 4. The lowest BCUT2D eigenvalue weighted by Crippen LogP contribution is -2.41. The molecule has 6 heteroatoms. The van der Waals surface area contributed by atoms with Gasteiger partial charge in [-0.05, 0) is 36.8 Å². The van der Waals surface area contributed by atoms with Crippen molar-refractivity contribution in [2.75, 3.05) is 18.1 Å². The fourth-order valence-electron chi connectivity index (χ4n) is 2.85. The van der Waals surface area contributed by atoms with Gasteiger partial charge in [0.2, 0.25) is 11.8 Å². The highest BCUT2D eigenvalue weighted by Gasteiger charge is 2.25. The molecular weight excluding hydrogens is 330 g/mol. The van der Waals surface area contributed by atoms with Crippen LogP contribution in [0.1, 0.15) is 30.5 Å². The van der Waals surface area contributed by atoms with Crippen LogP contribution in [0.25, 0.3) is 0 Å². The molecule has 3 rings (SSSR count). The molecule has 0 radical (unpaired) electrons. The minimum absolute atomic E-state index is 0.0696. The summed E-state index contributed by atoms with van der Waals surface area (Å²) in [6, 6.07) is 16.1. The summed E-state index contributed by atoms with van der Waals surface area (Å²) < 4.78 is 5.58. The summed E-state index contributed by atoms with van der Waals surface area (Å²) in [5.74, 6) is 0.203. The van der Waals surface area contributed by atoms with Crippen molar-refractivity contribution >= 4 is 17.5 Å². The number of nitrogens with zero attached hydrogens (tertiary/aromatic N) is 2. The van der Waals surface area contributed by atoms with Gasteiger partial charge in [0.1, 0.15) is 12.3 Å². The molecule has 0 fully saturated rings. The number of carbonyl (C=O) groups is 2. The summed E-state index contributed by atoms with van der Waals surface area (Å²) in [6.45, 7) is 2.09. The zero-order valence-corrected chi connectivity index (χ0v) is 14.4. The third kappa shape index (κ3) is 3.83. The van der Waals surface area contributed by atoms with Crippen LogP contribution in [0, 0.1) is 11.3 Å². The second kappa shape index (κ2) is 7.70. The van der Waals surface area contributed by atoms with E-state index in [1.54, 1.807) is 24.3 Å². The third-order valence-electron chi connectivity index (χ3n) is 4.25. The molecule has 1 atom stereocenters. The number of amides is 2. The fraction of sp³-hybridized carbons (Fsp3) is 0.250. The number of rotatable bonds is 4. The van der Waals surface area contributed by atoms with Crippen LogP contribution in [0.3, 0.4) is 0 Å². The summed E-state index contributed by atoms with van der Waals surface area (Å²) >= 11 is 0. The second-order valence-electron chi connectivity index (χ2n) is 6.07. The molecule has 0 saturated carbocycles. The van der Waals surface area contributed by atoms with Crippen molar-refractivity contribution in [1.82, 2.24) is 5.32 Å². The molecule has 1 aliphatic rings. The SMILES string of the molecule is CC(NC(=O)CN1C(=O)CCOc2ccccc21)c1ccc(C#N)cc1. The molecule has 2 aromatic rings. The molecule has 0 spiro atoms. The predicted octanol–water partition coefficient (Wildman–Crippen LogP) is 2.55. The van der Waals surface area contributed by atoms with Crippen molar-refractivity contribution in [3.8, 4) is 11.8 Å². The van der Waals surface area contributed by atoms with E-state index in [1.165, 1.54) is 4.90 Å². The first-order valence-electron chi connectivity index (χ1n) is 8.40. The number of nitriles is 1. The molecule has 1 N–H and O–H groups in total. The predicted molar refractivity (Wildman–Crippen MR) is 96.6 cm³/mol. The monoisotopic (exact) mass is 349 g/mol. The Hall–Kier alpha value is -3.33. The highest BCUT2D eigenvalue weighted by Crippen LogP contribution is 2.30. The Morgan fingerprint density at radius 2 is 2.00 bits per heavy atom. The van der Waals surface area contributed by atoms with Gasteiger partial charge in [0.05, 0.1) is 36.4 Å². The molecule has 0 aliphatic carbocycles. The molecule has 0 saturated heterocycles. The average molecular weight is 349 g/mol. The first-order chi connectivity index (χ1) is 12.6. The molecule has 1 heterocycles. The summed E-state index contributed by atoms with van der Waals surface area (Å²) in [4.78, 5) is 26.3. The van der Waals surface area contributed by atoms with Crippen molar-refractivity contribution in [1.29, 1.82) is 5.26 Å². The Morgan fingerprint density at radius 1 is 1.27 bits per heavy atom. The van der Waals surface area contributed by atoms with Crippen LogP contribution < -0.4 is 15.0 Å². The molecule has 26 heavy (non-hydrogen) atoms. The molecule has 1 aliphatic heterocycles. The van der Waals surface area contributed by atoms with E-state index in [-0.39, 0.29) is 30.8 Å². The minimum Gasteiger partial charge on any atom is -0.491 e. The van der Waals surface area contributed by atoms with E-state index in [9.17, 15) is 9.59 Å². The van der Waals surface area contributed by atoms with Crippen LogP contribution in [-0.2, 0) is 9.59 Å². The lowest BCUT2D eigenvalue weighted by atomic mass is 10.1. The summed E-state index contributed by atoms with van der Waals surface area (Å²) in [7, 11) is 0. The second-order valence-corrected chi connectivity index (χ2v) is 6.07. The zero-order valence-electron chi connectivity index (χ0n) is 14.4. The Balaban J connectivity index is 1.70. The van der Waals surface area contributed by atoms with Gasteiger partial charge in [-0.1, -0.05) is 24.3 Å². The largest absolute Gasteiger partial charge is 0.491 e. The van der Waals surface area contributed by atoms with Crippen LogP contribution in [0.4, 0.5) is 5.69 Å². The molecule has 132 valence electrons. The quantitative estimate of drug-likeness (QED) is 0.920. The Labute approximate surface area is 152 Å². The van der Waals surface area contributed by atoms with Crippen molar-refractivity contribution < 1.29 is 14.3 Å². The smallest absolute Gasteiger partial charge is 0.240 e. The lowest BCUT2D eigenvalue weighted by molar-refractivity contribution is -0.124. The van der Waals surface area contributed by atoms with Crippen LogP contribution in [0.5, 0.6) is 5.75 Å². The van der Waals surface area contributed by atoms with Gasteiger partial charge in [-0.3, -0.25) is 14.5 Å². The van der Waals surface area contributed by atoms with E-state index in [4.69, 9.17) is 10.00 Å². The number of para-hydroxylation sites is 2. The van der Waals surface area contributed by atoms with E-state index in [1.807, 2.05) is 31.2 Å². The normalized spacial score (nSPS) is 14.5. The van der Waals surface area contributed by atoms with E-state index in [0.717, 1.165) is 5.56 Å². The maximum Gasteiger partial charge on any atom is 0.240 e. The van der Waals surface area contributed by atoms with Crippen molar-refractivity contribution in [3.63, 3.8) is 0 Å². The number of hydrogen-bond donors (Lipinski definition) is 1. The van der Waals surface area contributed by atoms with E-state index >= 15 is 0 Å². The van der Waals surface area contributed by atoms with Gasteiger partial charge in [-0.2, -0.15) is 5.26 Å². The Morgan fingerprint density at radius 3 is 2.73 bits per heavy atom. The van der Waals surface area contributed by atoms with Crippen LogP contribution in [-0.4, -0.2) is 25.0 Å². The zero-order chi connectivity index (χ0) is 18.5. The number of nitrogens with one attached hydrogen (secondary N) is 1. The minimum atomic E-state index is -0.257. The number of ether oxygens (including phenoxy) is 1. The van der Waals surface area contributed by atoms with Crippen LogP contribution in [0.15, 0.2) is 48.5 Å². The highest BCUT2D eigenvalue weighted by atomic mass is 16.5. The first kappa shape index (κ1) is 17.5. The van der Waals surface area contributed by atoms with E-state index < -0.39 is 0 Å². The van der Waals surface area contributed by atoms with Crippen molar-refractivity contribution in [2.24, 2.45) is 0 Å². The number of anilines is 1. The summed E-state index contributed by atoms with van der Waals surface area (Å²) in [5.41, 5.74) is 2.07. The molecule has 0 aromatic heterocycles. The van der Waals surface area contributed by atoms with Gasteiger partial charge in [0.25, 0.3) is 0 Å². The maximum atomic E-state index is 12.5. The van der Waals surface area contributed by atoms with Crippen molar-refractivity contribution in [2.45, 2.75) is 19.4 Å². The van der Waals surface area contributed by atoms with Gasteiger partial charge in [0, 0.05) is 0 Å². The first-order valence-corrected chi connectivity index (χ1v) is 8.40. The molecule has 0 bridgehead atoms. The van der Waals surface area contributed by atoms with E-state index in [0.29, 0.717) is 23.6 Å². The summed E-state index contributed by atoms with van der Waals surface area (Å²) in [6.07, 6.45) is 0.229. The van der Waals surface area contributed by atoms with Gasteiger partial charge in [0.15, 0.2) is 0 Å². The van der Waals surface area contributed by atoms with Crippen molar-refractivity contribution in [3.05, 3.63) is 59.7 Å². The number of fused-ring (bicyclic) bond motifs is 1. The average Bonchev–Trinajstić information content (AvgIpc) is 2.81. The molecule has 1 unspecified atom stereocenters. The molecule has 2 aromatic carbocycles. The standard InChI is InChI=1S/C20H19N3O3/c1-14(16-8-6-15(12-21)7-9-16)22-19(24)13-23-17-4-2-3-5-18(17)26-11-10-20(23)25/h2-9,14H,10-11,13H2,1H3,(H,22,24). The van der Waals surface area contributed by atoms with Gasteiger partial charge in [-0.25, -0.2) is 0 Å². The molecule has 2 amide bonds. The number of carbonyl (C=O) groups excluding carboxylic acids is 2. The lowest BCUT2D eigenvalue weighted by Gasteiger charge is -2.22. The van der Waals surface area contributed by atoms with Crippen LogP contribution >= 0.6 is 0 Å². The Kier molecular flexibility index (Phi) is 5.18. The number of benzene rings is 2. The molecule has 6 nitrogen and oxygen atoms in total. The molecular formula is C20H19N3O3. The van der Waals surface area contributed by atoms with Gasteiger partial charge >= 0.3 is 0 Å². The van der Waals surface area contributed by atoms with Gasteiger partial charge in [-0.15, -0.1) is 0 Å².